The van der Waals surface area contributed by atoms with Crippen molar-refractivity contribution in [1.82, 2.24) is 4.72 Å². The summed E-state index contributed by atoms with van der Waals surface area (Å²) < 4.78 is 59.5. The van der Waals surface area contributed by atoms with Crippen LogP contribution in [0.5, 0.6) is 0 Å². The number of hydrogen-bond acceptors (Lipinski definition) is 3. The maximum absolute atomic E-state index is 12.1. The van der Waals surface area contributed by atoms with Crippen molar-refractivity contribution in [3.63, 3.8) is 0 Å². The minimum atomic E-state index is -5.24. The summed E-state index contributed by atoms with van der Waals surface area (Å²) in [6.45, 7) is 1.81. The summed E-state index contributed by atoms with van der Waals surface area (Å²) in [6, 6.07) is -0.664. The Bertz CT molecular complexity index is 341. The van der Waals surface area contributed by atoms with Crippen LogP contribution in [0.15, 0.2) is 0 Å². The molecule has 1 fully saturated rings. The Labute approximate surface area is 92.4 Å². The number of nitrogens with two attached hydrogens (primary N) is 1. The molecule has 16 heavy (non-hydrogen) atoms. The van der Waals surface area contributed by atoms with Crippen LogP contribution in [-0.4, -0.2) is 25.5 Å². The molecule has 8 heteroatoms. The lowest BCUT2D eigenvalue weighted by molar-refractivity contribution is -0.0452. The first-order chi connectivity index (χ1) is 7.04. The van der Waals surface area contributed by atoms with Crippen LogP contribution in [0.4, 0.5) is 13.2 Å². The van der Waals surface area contributed by atoms with Crippen LogP contribution >= 0.6 is 0 Å². The predicted molar refractivity (Wildman–Crippen MR) is 53.0 cm³/mol. The lowest BCUT2D eigenvalue weighted by atomic mass is 9.82. The van der Waals surface area contributed by atoms with Crippen molar-refractivity contribution in [2.45, 2.75) is 49.7 Å². The van der Waals surface area contributed by atoms with Gasteiger partial charge in [-0.3, -0.25) is 0 Å². The molecule has 0 amide bonds. The minimum absolute atomic E-state index is 0.336. The summed E-state index contributed by atoms with van der Waals surface area (Å²) in [7, 11) is -5.23. The summed E-state index contributed by atoms with van der Waals surface area (Å²) >= 11 is 0. The van der Waals surface area contributed by atoms with Crippen molar-refractivity contribution in [3.8, 4) is 0 Å². The maximum Gasteiger partial charge on any atom is 0.511 e. The number of rotatable bonds is 2. The first-order valence-corrected chi connectivity index (χ1v) is 6.39. The van der Waals surface area contributed by atoms with Gasteiger partial charge in [0.05, 0.1) is 0 Å². The van der Waals surface area contributed by atoms with Crippen LogP contribution in [0, 0.1) is 0 Å². The van der Waals surface area contributed by atoms with E-state index in [9.17, 15) is 21.6 Å². The van der Waals surface area contributed by atoms with Gasteiger partial charge in [-0.1, -0.05) is 0 Å². The molecular weight excluding hydrogens is 245 g/mol. The van der Waals surface area contributed by atoms with Gasteiger partial charge in [0.15, 0.2) is 0 Å². The highest BCUT2D eigenvalue weighted by molar-refractivity contribution is 7.90. The molecule has 96 valence electrons. The molecule has 4 nitrogen and oxygen atoms in total. The van der Waals surface area contributed by atoms with Crippen molar-refractivity contribution >= 4 is 10.0 Å². The third-order valence-corrected chi connectivity index (χ3v) is 4.01. The lowest BCUT2D eigenvalue weighted by Crippen LogP contribution is -2.48. The van der Waals surface area contributed by atoms with Crippen LogP contribution in [0.3, 0.4) is 0 Å². The van der Waals surface area contributed by atoms with Crippen LogP contribution in [0.2, 0.25) is 0 Å². The molecule has 3 N–H and O–H groups in total. The van der Waals surface area contributed by atoms with Gasteiger partial charge in [-0.25, -0.2) is 13.1 Å². The fourth-order valence-corrected chi connectivity index (χ4v) is 2.49. The van der Waals surface area contributed by atoms with Gasteiger partial charge in [0.2, 0.25) is 0 Å². The monoisotopic (exact) mass is 260 g/mol. The largest absolute Gasteiger partial charge is 0.511 e. The number of sulfonamides is 1. The topological polar surface area (TPSA) is 72.2 Å². The normalized spacial score (nSPS) is 32.7. The molecule has 0 bridgehead atoms. The molecule has 1 saturated carbocycles. The summed E-state index contributed by atoms with van der Waals surface area (Å²) in [6.07, 6.45) is 1.70. The highest BCUT2D eigenvalue weighted by Crippen LogP contribution is 2.28. The van der Waals surface area contributed by atoms with E-state index in [-0.39, 0.29) is 0 Å². The average Bonchev–Trinajstić information content (AvgIpc) is 2.06. The number of alkyl halides is 3. The van der Waals surface area contributed by atoms with Crippen LogP contribution in [0.25, 0.3) is 0 Å². The molecule has 1 rings (SSSR count). The highest BCUT2D eigenvalue weighted by Gasteiger charge is 2.47. The first-order valence-electron chi connectivity index (χ1n) is 4.91. The molecule has 0 heterocycles. The van der Waals surface area contributed by atoms with Crippen molar-refractivity contribution in [3.05, 3.63) is 0 Å². The number of nitrogens with one attached hydrogen (secondary N) is 1. The quantitative estimate of drug-likeness (QED) is 0.780. The van der Waals surface area contributed by atoms with E-state index in [2.05, 4.69) is 0 Å². The van der Waals surface area contributed by atoms with Gasteiger partial charge in [-0.05, 0) is 32.6 Å². The second-order valence-electron chi connectivity index (χ2n) is 4.50. The molecule has 1 aliphatic carbocycles. The van der Waals surface area contributed by atoms with Gasteiger partial charge in [0, 0.05) is 11.6 Å². The molecule has 0 aliphatic heterocycles. The Kier molecular flexibility index (Phi) is 3.56. The van der Waals surface area contributed by atoms with E-state index in [0.717, 1.165) is 0 Å². The van der Waals surface area contributed by atoms with E-state index in [0.29, 0.717) is 25.7 Å². The van der Waals surface area contributed by atoms with E-state index >= 15 is 0 Å². The fraction of sp³-hybridized carbons (Fsp3) is 1.00. The molecule has 0 atom stereocenters. The first kappa shape index (κ1) is 13.7. The summed E-state index contributed by atoms with van der Waals surface area (Å²) in [5, 5.41) is 0. The van der Waals surface area contributed by atoms with Crippen molar-refractivity contribution in [1.29, 1.82) is 0 Å². The molecule has 0 aromatic carbocycles. The van der Waals surface area contributed by atoms with E-state index in [1.807, 2.05) is 6.92 Å². The minimum Gasteiger partial charge on any atom is -0.325 e. The molecule has 0 aromatic heterocycles. The Morgan fingerprint density at radius 1 is 1.31 bits per heavy atom. The molecular formula is C8H15F3N2O2S. The number of halogens is 3. The predicted octanol–water partition coefficient (Wildman–Crippen LogP) is 1.09. The van der Waals surface area contributed by atoms with Crippen LogP contribution < -0.4 is 10.5 Å². The lowest BCUT2D eigenvalue weighted by Gasteiger charge is -2.34. The zero-order valence-electron chi connectivity index (χ0n) is 8.84. The van der Waals surface area contributed by atoms with Gasteiger partial charge < -0.3 is 5.73 Å². The molecule has 0 spiro atoms. The van der Waals surface area contributed by atoms with Gasteiger partial charge >= 0.3 is 15.5 Å². The van der Waals surface area contributed by atoms with Crippen molar-refractivity contribution in [2.24, 2.45) is 5.73 Å². The SMILES string of the molecule is C[C@]1(N)CC[C@H](NS(=O)(=O)C(F)(F)F)CC1. The zero-order valence-corrected chi connectivity index (χ0v) is 9.66. The molecule has 0 saturated heterocycles. The van der Waals surface area contributed by atoms with Crippen molar-refractivity contribution in [2.75, 3.05) is 0 Å². The Morgan fingerprint density at radius 2 is 1.75 bits per heavy atom. The fourth-order valence-electron chi connectivity index (χ4n) is 1.68. The second-order valence-corrected chi connectivity index (χ2v) is 6.20. The van der Waals surface area contributed by atoms with Crippen LogP contribution in [-0.2, 0) is 10.0 Å². The summed E-state index contributed by atoms with van der Waals surface area (Å²) in [5.41, 5.74) is 0.148. The summed E-state index contributed by atoms with van der Waals surface area (Å²) in [5.74, 6) is 0. The third-order valence-electron chi connectivity index (χ3n) is 2.75. The second kappa shape index (κ2) is 4.15. The smallest absolute Gasteiger partial charge is 0.325 e. The average molecular weight is 260 g/mol. The van der Waals surface area contributed by atoms with Crippen LogP contribution in [0.1, 0.15) is 32.6 Å². The van der Waals surface area contributed by atoms with E-state index in [1.165, 1.54) is 0 Å². The van der Waals surface area contributed by atoms with E-state index in [4.69, 9.17) is 5.73 Å². The van der Waals surface area contributed by atoms with Gasteiger partial charge in [0.25, 0.3) is 0 Å². The molecule has 0 unspecified atom stereocenters. The van der Waals surface area contributed by atoms with E-state index in [1.54, 1.807) is 4.72 Å². The Balaban J connectivity index is 2.59. The Morgan fingerprint density at radius 3 is 2.12 bits per heavy atom. The summed E-state index contributed by atoms with van der Waals surface area (Å²) in [4.78, 5) is 0. The molecule has 0 radical (unpaired) electrons. The van der Waals surface area contributed by atoms with Gasteiger partial charge in [-0.15, -0.1) is 0 Å². The highest BCUT2D eigenvalue weighted by atomic mass is 32.2. The third kappa shape index (κ3) is 3.33. The zero-order chi connectivity index (χ0) is 12.6. The van der Waals surface area contributed by atoms with Gasteiger partial charge in [-0.2, -0.15) is 13.2 Å². The molecule has 0 aromatic rings. The van der Waals surface area contributed by atoms with E-state index < -0.39 is 27.1 Å². The number of hydrogen-bond donors (Lipinski definition) is 2. The standard InChI is InChI=1S/C8H15F3N2O2S/c1-7(12)4-2-6(3-5-7)13-16(14,15)8(9,10)11/h6,13H,2-5,12H2,1H3/t6-,7-. The van der Waals surface area contributed by atoms with Gasteiger partial charge in [0.1, 0.15) is 0 Å². The Hall–Kier alpha value is -0.340. The van der Waals surface area contributed by atoms with Crippen molar-refractivity contribution < 1.29 is 21.6 Å². The maximum atomic E-state index is 12.1. The molecule has 1 aliphatic rings.